The molecular formula is C35H66. The molecule has 0 radical (unpaired) electrons. The van der Waals surface area contributed by atoms with Gasteiger partial charge in [0.25, 0.3) is 0 Å². The summed E-state index contributed by atoms with van der Waals surface area (Å²) < 4.78 is 0. The standard InChI is InChI=1S/C35H66/c1-10-19-24-32(25-20-11-2)34(29-21-12-3,30-22-13-4)35(28-17-8,31-23-14-5)33(18-9,26-15-6)27-16-7/h15-17,32H,6-8,10-14,18-31H2,1-5,9H3. The van der Waals surface area contributed by atoms with Crippen molar-refractivity contribution in [1.29, 1.82) is 0 Å². The highest BCUT2D eigenvalue weighted by molar-refractivity contribution is 5.14. The van der Waals surface area contributed by atoms with Gasteiger partial charge in [-0.15, -0.1) is 19.7 Å². The Hall–Kier alpha value is -0.780. The molecule has 0 aliphatic rings. The lowest BCUT2D eigenvalue weighted by Crippen LogP contribution is -2.57. The van der Waals surface area contributed by atoms with Crippen molar-refractivity contribution in [2.75, 3.05) is 0 Å². The second kappa shape index (κ2) is 19.3. The quantitative estimate of drug-likeness (QED) is 0.112. The molecule has 0 heterocycles. The van der Waals surface area contributed by atoms with Crippen LogP contribution in [0.2, 0.25) is 0 Å². The van der Waals surface area contributed by atoms with Gasteiger partial charge in [0, 0.05) is 0 Å². The van der Waals surface area contributed by atoms with E-state index in [1.54, 1.807) is 0 Å². The Morgan fingerprint density at radius 1 is 0.543 bits per heavy atom. The number of allylic oxidation sites excluding steroid dienone is 3. The van der Waals surface area contributed by atoms with Gasteiger partial charge >= 0.3 is 0 Å². The molecule has 0 nitrogen and oxygen atoms in total. The number of hydrogen-bond donors (Lipinski definition) is 0. The monoisotopic (exact) mass is 487 g/mol. The molecule has 0 fully saturated rings. The number of hydrogen-bond acceptors (Lipinski definition) is 0. The van der Waals surface area contributed by atoms with E-state index in [0.717, 1.165) is 25.2 Å². The third-order valence-corrected chi connectivity index (χ3v) is 9.71. The van der Waals surface area contributed by atoms with E-state index in [0.29, 0.717) is 5.41 Å². The van der Waals surface area contributed by atoms with Crippen molar-refractivity contribution in [3.63, 3.8) is 0 Å². The first-order valence-corrected chi connectivity index (χ1v) is 15.8. The third kappa shape index (κ3) is 8.64. The van der Waals surface area contributed by atoms with Crippen molar-refractivity contribution >= 4 is 0 Å². The molecule has 0 aromatic heterocycles. The van der Waals surface area contributed by atoms with E-state index in [1.807, 2.05) is 0 Å². The van der Waals surface area contributed by atoms with E-state index in [1.165, 1.54) is 103 Å². The lowest BCUT2D eigenvalue weighted by molar-refractivity contribution is -0.146. The van der Waals surface area contributed by atoms with Crippen LogP contribution in [0, 0.1) is 22.2 Å². The molecule has 0 aliphatic carbocycles. The summed E-state index contributed by atoms with van der Waals surface area (Å²) in [5.74, 6) is 0.804. The van der Waals surface area contributed by atoms with Gasteiger partial charge < -0.3 is 0 Å². The summed E-state index contributed by atoms with van der Waals surface area (Å²) in [6.07, 6.45) is 31.5. The largest absolute Gasteiger partial charge is 0.103 e. The van der Waals surface area contributed by atoms with E-state index in [4.69, 9.17) is 0 Å². The number of unbranched alkanes of at least 4 members (excludes halogenated alkanes) is 5. The van der Waals surface area contributed by atoms with Crippen LogP contribution in [0.5, 0.6) is 0 Å². The van der Waals surface area contributed by atoms with Crippen LogP contribution in [0.25, 0.3) is 0 Å². The van der Waals surface area contributed by atoms with Crippen molar-refractivity contribution in [1.82, 2.24) is 0 Å². The Kier molecular flexibility index (Phi) is 18.9. The highest BCUT2D eigenvalue weighted by atomic mass is 14.6. The van der Waals surface area contributed by atoms with Crippen molar-refractivity contribution < 1.29 is 0 Å². The lowest BCUT2D eigenvalue weighted by atomic mass is 9.39. The fourth-order valence-electron chi connectivity index (χ4n) is 7.93. The van der Waals surface area contributed by atoms with Crippen molar-refractivity contribution in [2.45, 2.75) is 164 Å². The molecule has 0 heteroatoms. The Morgan fingerprint density at radius 3 is 1.29 bits per heavy atom. The van der Waals surface area contributed by atoms with Crippen LogP contribution in [0.1, 0.15) is 164 Å². The molecular weight excluding hydrogens is 420 g/mol. The first-order valence-electron chi connectivity index (χ1n) is 15.8. The third-order valence-electron chi connectivity index (χ3n) is 9.71. The SMILES string of the molecule is C=CCC(CC)(CC=C)C(CC=C)(CCCC)C(CCCC)(CCCC)C(CCCC)CCCC. The summed E-state index contributed by atoms with van der Waals surface area (Å²) in [6, 6.07) is 0. The molecule has 0 rings (SSSR count). The molecule has 0 saturated carbocycles. The van der Waals surface area contributed by atoms with E-state index < -0.39 is 0 Å². The Bertz CT molecular complexity index is 514. The number of rotatable bonds is 25. The van der Waals surface area contributed by atoms with Gasteiger partial charge in [-0.05, 0) is 80.0 Å². The maximum atomic E-state index is 4.43. The molecule has 206 valence electrons. The fraction of sp³-hybridized carbons (Fsp3) is 0.829. The lowest BCUT2D eigenvalue weighted by Gasteiger charge is -2.64. The fourth-order valence-corrected chi connectivity index (χ4v) is 7.93. The summed E-state index contributed by atoms with van der Waals surface area (Å²) in [4.78, 5) is 0. The van der Waals surface area contributed by atoms with Gasteiger partial charge in [0.05, 0.1) is 0 Å². The topological polar surface area (TPSA) is 0 Å². The molecule has 0 aromatic rings. The molecule has 0 saturated heterocycles. The summed E-state index contributed by atoms with van der Waals surface area (Å²) in [6.45, 7) is 27.5. The first-order chi connectivity index (χ1) is 16.9. The van der Waals surface area contributed by atoms with Gasteiger partial charge in [0.1, 0.15) is 0 Å². The van der Waals surface area contributed by atoms with Crippen molar-refractivity contribution in [3.05, 3.63) is 38.0 Å². The second-order valence-electron chi connectivity index (χ2n) is 11.6. The molecule has 1 atom stereocenters. The summed E-state index contributed by atoms with van der Waals surface area (Å²) >= 11 is 0. The van der Waals surface area contributed by atoms with Crippen molar-refractivity contribution in [3.8, 4) is 0 Å². The summed E-state index contributed by atoms with van der Waals surface area (Å²) in [7, 11) is 0. The molecule has 0 bridgehead atoms. The van der Waals surface area contributed by atoms with E-state index in [-0.39, 0.29) is 10.8 Å². The predicted molar refractivity (Wildman–Crippen MR) is 163 cm³/mol. The van der Waals surface area contributed by atoms with Gasteiger partial charge in [-0.1, -0.05) is 124 Å². The average molecular weight is 487 g/mol. The zero-order valence-corrected chi connectivity index (χ0v) is 25.4. The molecule has 35 heavy (non-hydrogen) atoms. The minimum atomic E-state index is 0.206. The van der Waals surface area contributed by atoms with Crippen molar-refractivity contribution in [2.24, 2.45) is 22.2 Å². The molecule has 1 unspecified atom stereocenters. The maximum absolute atomic E-state index is 4.43. The molecule has 0 aromatic carbocycles. The minimum absolute atomic E-state index is 0.206. The summed E-state index contributed by atoms with van der Waals surface area (Å²) in [5, 5.41) is 0. The van der Waals surface area contributed by atoms with Crippen LogP contribution in [-0.2, 0) is 0 Å². The molecule has 0 amide bonds. The van der Waals surface area contributed by atoms with Gasteiger partial charge in [0.15, 0.2) is 0 Å². The zero-order chi connectivity index (χ0) is 26.6. The van der Waals surface area contributed by atoms with Crippen LogP contribution < -0.4 is 0 Å². The molecule has 0 spiro atoms. The molecule has 0 N–H and O–H groups in total. The predicted octanol–water partition coefficient (Wildman–Crippen LogP) is 12.7. The van der Waals surface area contributed by atoms with Crippen LogP contribution in [0.3, 0.4) is 0 Å². The highest BCUT2D eigenvalue weighted by Crippen LogP contribution is 2.69. The molecule has 0 aliphatic heterocycles. The zero-order valence-electron chi connectivity index (χ0n) is 25.4. The normalized spacial score (nSPS) is 14.1. The summed E-state index contributed by atoms with van der Waals surface area (Å²) in [5.41, 5.74) is 0.804. The van der Waals surface area contributed by atoms with E-state index in [9.17, 15) is 0 Å². The van der Waals surface area contributed by atoms with Gasteiger partial charge in [-0.2, -0.15) is 0 Å². The minimum Gasteiger partial charge on any atom is -0.103 e. The van der Waals surface area contributed by atoms with E-state index >= 15 is 0 Å². The second-order valence-corrected chi connectivity index (χ2v) is 11.6. The van der Waals surface area contributed by atoms with Crippen LogP contribution in [-0.4, -0.2) is 0 Å². The Labute approximate surface area is 223 Å². The Balaban J connectivity index is 7.57. The van der Waals surface area contributed by atoms with E-state index in [2.05, 4.69) is 79.5 Å². The van der Waals surface area contributed by atoms with Crippen LogP contribution in [0.4, 0.5) is 0 Å². The first kappa shape index (κ1) is 34.2. The van der Waals surface area contributed by atoms with Crippen LogP contribution in [0.15, 0.2) is 38.0 Å². The van der Waals surface area contributed by atoms with Crippen LogP contribution >= 0.6 is 0 Å². The van der Waals surface area contributed by atoms with Gasteiger partial charge in [-0.3, -0.25) is 0 Å². The maximum Gasteiger partial charge on any atom is -0.0142 e. The highest BCUT2D eigenvalue weighted by Gasteiger charge is 2.60. The van der Waals surface area contributed by atoms with Gasteiger partial charge in [-0.25, -0.2) is 0 Å². The average Bonchev–Trinajstić information content (AvgIpc) is 2.87. The smallest absolute Gasteiger partial charge is 0.0142 e. The van der Waals surface area contributed by atoms with Gasteiger partial charge in [0.2, 0.25) is 0 Å². The Morgan fingerprint density at radius 2 is 0.943 bits per heavy atom.